The highest BCUT2D eigenvalue weighted by Crippen LogP contribution is 2.27. The zero-order chi connectivity index (χ0) is 17.9. The van der Waals surface area contributed by atoms with E-state index in [1.807, 2.05) is 48.5 Å². The Hall–Kier alpha value is -3.41. The lowest BCUT2D eigenvalue weighted by Gasteiger charge is -2.07. The first-order chi connectivity index (χ1) is 12.8. The van der Waals surface area contributed by atoms with E-state index in [9.17, 15) is 0 Å². The van der Waals surface area contributed by atoms with Crippen molar-refractivity contribution < 1.29 is 9.47 Å². The minimum atomic E-state index is 0.526. The molecule has 0 aliphatic rings. The fraction of sp³-hybridized carbons (Fsp3) is 0.150. The molecule has 0 aliphatic carbocycles. The molecular weight excluding hydrogens is 328 g/mol. The first-order valence-electron chi connectivity index (χ1n) is 8.38. The molecule has 0 saturated heterocycles. The number of benzene rings is 1. The van der Waals surface area contributed by atoms with Crippen molar-refractivity contribution in [1.82, 2.24) is 19.5 Å². The highest BCUT2D eigenvalue weighted by Gasteiger charge is 2.13. The lowest BCUT2D eigenvalue weighted by molar-refractivity contribution is 0.412. The lowest BCUT2D eigenvalue weighted by Crippen LogP contribution is -1.99. The number of pyridine rings is 2. The maximum absolute atomic E-state index is 5.88. The number of nitrogens with zero attached hydrogens (tertiary/aromatic N) is 4. The fourth-order valence-electron chi connectivity index (χ4n) is 2.83. The summed E-state index contributed by atoms with van der Waals surface area (Å²) >= 11 is 0. The Bertz CT molecular complexity index is 1030. The summed E-state index contributed by atoms with van der Waals surface area (Å²) in [5.74, 6) is 2.89. The minimum Gasteiger partial charge on any atom is -0.497 e. The third-order valence-corrected chi connectivity index (χ3v) is 4.10. The van der Waals surface area contributed by atoms with Gasteiger partial charge in [0, 0.05) is 30.6 Å². The summed E-state index contributed by atoms with van der Waals surface area (Å²) in [6.45, 7) is 2.83. The van der Waals surface area contributed by atoms with Gasteiger partial charge in [-0.15, -0.1) is 0 Å². The van der Waals surface area contributed by atoms with Crippen molar-refractivity contribution in [3.05, 3.63) is 60.9 Å². The number of hydrogen-bond donors (Lipinski definition) is 0. The van der Waals surface area contributed by atoms with Gasteiger partial charge in [0.25, 0.3) is 0 Å². The fourth-order valence-corrected chi connectivity index (χ4v) is 2.83. The molecule has 0 unspecified atom stereocenters. The average molecular weight is 346 g/mol. The average Bonchev–Trinajstić information content (AvgIpc) is 3.07. The quantitative estimate of drug-likeness (QED) is 0.539. The van der Waals surface area contributed by atoms with Gasteiger partial charge in [-0.2, -0.15) is 4.98 Å². The van der Waals surface area contributed by atoms with Gasteiger partial charge in [0.2, 0.25) is 5.88 Å². The molecule has 6 heteroatoms. The molecule has 0 atom stereocenters. The Kier molecular flexibility index (Phi) is 4.23. The number of fused-ring (bicyclic) bond motifs is 1. The first-order valence-corrected chi connectivity index (χ1v) is 8.38. The van der Waals surface area contributed by atoms with Gasteiger partial charge in [-0.05, 0) is 49.4 Å². The minimum absolute atomic E-state index is 0.526. The largest absolute Gasteiger partial charge is 0.497 e. The van der Waals surface area contributed by atoms with Crippen molar-refractivity contribution in [2.45, 2.75) is 13.5 Å². The van der Waals surface area contributed by atoms with Crippen LogP contribution in [0.4, 0.5) is 0 Å². The number of hydrogen-bond acceptors (Lipinski definition) is 5. The maximum atomic E-state index is 5.88. The van der Waals surface area contributed by atoms with Crippen LogP contribution in [0.3, 0.4) is 0 Å². The van der Waals surface area contributed by atoms with Gasteiger partial charge in [0.15, 0.2) is 5.65 Å². The molecular formula is C20H18N4O2. The molecule has 0 amide bonds. The van der Waals surface area contributed by atoms with Crippen LogP contribution in [-0.2, 0) is 6.54 Å². The van der Waals surface area contributed by atoms with Crippen molar-refractivity contribution in [2.75, 3.05) is 7.11 Å². The van der Waals surface area contributed by atoms with Crippen molar-refractivity contribution in [2.24, 2.45) is 0 Å². The van der Waals surface area contributed by atoms with Gasteiger partial charge in [-0.25, -0.2) is 4.98 Å². The molecule has 3 aromatic heterocycles. The van der Waals surface area contributed by atoms with Crippen LogP contribution >= 0.6 is 0 Å². The van der Waals surface area contributed by atoms with E-state index < -0.39 is 0 Å². The molecule has 0 saturated carbocycles. The maximum Gasteiger partial charge on any atom is 0.221 e. The van der Waals surface area contributed by atoms with Crippen LogP contribution in [0.2, 0.25) is 0 Å². The standard InChI is InChI=1S/C20H18N4O2/c1-3-24-19(14-10-12-21-13-11-14)22-17-8-9-18(23-20(17)24)26-16-6-4-15(25-2)5-7-16/h4-13H,3H2,1-2H3. The third kappa shape index (κ3) is 2.97. The van der Waals surface area contributed by atoms with Gasteiger partial charge >= 0.3 is 0 Å². The molecule has 0 aliphatic heterocycles. The van der Waals surface area contributed by atoms with Crippen molar-refractivity contribution in [3.8, 4) is 28.8 Å². The molecule has 4 rings (SSSR count). The van der Waals surface area contributed by atoms with Crippen LogP contribution < -0.4 is 9.47 Å². The van der Waals surface area contributed by atoms with E-state index in [4.69, 9.17) is 14.5 Å². The number of imidazole rings is 1. The summed E-state index contributed by atoms with van der Waals surface area (Å²) in [7, 11) is 1.64. The highest BCUT2D eigenvalue weighted by molar-refractivity contribution is 5.77. The zero-order valence-corrected chi connectivity index (χ0v) is 14.6. The van der Waals surface area contributed by atoms with E-state index in [2.05, 4.69) is 21.5 Å². The van der Waals surface area contributed by atoms with Crippen LogP contribution in [0, 0.1) is 0 Å². The number of rotatable bonds is 5. The molecule has 4 aromatic rings. The summed E-state index contributed by atoms with van der Waals surface area (Å²) in [6.07, 6.45) is 3.53. The summed E-state index contributed by atoms with van der Waals surface area (Å²) in [5.41, 5.74) is 2.64. The predicted octanol–water partition coefficient (Wildman–Crippen LogP) is 4.31. The predicted molar refractivity (Wildman–Crippen MR) is 99.5 cm³/mol. The normalized spacial score (nSPS) is 10.8. The third-order valence-electron chi connectivity index (χ3n) is 4.10. The molecule has 26 heavy (non-hydrogen) atoms. The van der Waals surface area contributed by atoms with Crippen LogP contribution in [-0.4, -0.2) is 26.6 Å². The van der Waals surface area contributed by atoms with Crippen molar-refractivity contribution in [1.29, 1.82) is 0 Å². The lowest BCUT2D eigenvalue weighted by atomic mass is 10.2. The number of aryl methyl sites for hydroxylation is 1. The molecule has 1 aromatic carbocycles. The van der Waals surface area contributed by atoms with Gasteiger partial charge in [-0.1, -0.05) is 0 Å². The number of methoxy groups -OCH3 is 1. The summed E-state index contributed by atoms with van der Waals surface area (Å²) in [6, 6.07) is 15.1. The van der Waals surface area contributed by atoms with E-state index in [-0.39, 0.29) is 0 Å². The monoisotopic (exact) mass is 346 g/mol. The van der Waals surface area contributed by atoms with E-state index in [1.54, 1.807) is 19.5 Å². The molecule has 0 N–H and O–H groups in total. The van der Waals surface area contributed by atoms with Crippen LogP contribution in [0.1, 0.15) is 6.92 Å². The van der Waals surface area contributed by atoms with E-state index in [1.165, 1.54) is 0 Å². The Morgan fingerprint density at radius 2 is 1.62 bits per heavy atom. The van der Waals surface area contributed by atoms with E-state index in [0.29, 0.717) is 11.6 Å². The Morgan fingerprint density at radius 3 is 2.31 bits per heavy atom. The van der Waals surface area contributed by atoms with Gasteiger partial charge < -0.3 is 14.0 Å². The van der Waals surface area contributed by atoms with E-state index >= 15 is 0 Å². The zero-order valence-electron chi connectivity index (χ0n) is 14.6. The molecule has 0 spiro atoms. The highest BCUT2D eigenvalue weighted by atomic mass is 16.5. The van der Waals surface area contributed by atoms with Gasteiger partial charge in [0.05, 0.1) is 7.11 Å². The second kappa shape index (κ2) is 6.84. The molecule has 0 radical (unpaired) electrons. The molecule has 3 heterocycles. The second-order valence-electron chi connectivity index (χ2n) is 5.69. The summed E-state index contributed by atoms with van der Waals surface area (Å²) in [4.78, 5) is 13.5. The van der Waals surface area contributed by atoms with Crippen LogP contribution in [0.15, 0.2) is 60.9 Å². The van der Waals surface area contributed by atoms with Gasteiger partial charge in [-0.3, -0.25) is 4.98 Å². The topological polar surface area (TPSA) is 62.1 Å². The Balaban J connectivity index is 1.72. The van der Waals surface area contributed by atoms with Crippen molar-refractivity contribution in [3.63, 3.8) is 0 Å². The smallest absolute Gasteiger partial charge is 0.221 e. The van der Waals surface area contributed by atoms with Crippen LogP contribution in [0.5, 0.6) is 17.4 Å². The molecule has 130 valence electrons. The molecule has 0 bridgehead atoms. The Morgan fingerprint density at radius 1 is 0.885 bits per heavy atom. The van der Waals surface area contributed by atoms with E-state index in [0.717, 1.165) is 34.8 Å². The molecule has 6 nitrogen and oxygen atoms in total. The summed E-state index contributed by atoms with van der Waals surface area (Å²) in [5, 5.41) is 0. The van der Waals surface area contributed by atoms with Gasteiger partial charge in [0.1, 0.15) is 22.8 Å². The van der Waals surface area contributed by atoms with Crippen LogP contribution in [0.25, 0.3) is 22.6 Å². The van der Waals surface area contributed by atoms with Crippen molar-refractivity contribution >= 4 is 11.2 Å². The number of aromatic nitrogens is 4. The first kappa shape index (κ1) is 16.1. The molecule has 0 fully saturated rings. The Labute approximate surface area is 151 Å². The second-order valence-corrected chi connectivity index (χ2v) is 5.69. The number of ether oxygens (including phenoxy) is 2. The summed E-state index contributed by atoms with van der Waals surface area (Å²) < 4.78 is 13.1. The SMILES string of the molecule is CCn1c(-c2ccncc2)nc2ccc(Oc3ccc(OC)cc3)nc21.